The van der Waals surface area contributed by atoms with Crippen LogP contribution < -0.4 is 39.1 Å². The second kappa shape index (κ2) is 40.0. The highest BCUT2D eigenvalue weighted by atomic mass is 16.3. The van der Waals surface area contributed by atoms with Crippen molar-refractivity contribution in [2.24, 2.45) is 5.73 Å². The van der Waals surface area contributed by atoms with Crippen LogP contribution in [0.15, 0.2) is 285 Å². The number of carbonyl (C=O) groups excluding carboxylic acids is 6. The van der Waals surface area contributed by atoms with Crippen LogP contribution in [0.1, 0.15) is 149 Å². The Morgan fingerprint density at radius 2 is 0.493 bits per heavy atom. The molecule has 0 aliphatic heterocycles. The predicted octanol–water partition coefficient (Wildman–Crippen LogP) is 12.3. The molecule has 142 heavy (non-hydrogen) atoms. The Labute approximate surface area is 807 Å². The fraction of sp³-hybridized carbons (Fsp3) is 0.189. The molecule has 710 valence electrons. The molecule has 24 rings (SSSR count). The Morgan fingerprint density at radius 3 is 0.803 bits per heavy atom. The largest absolute Gasteiger partial charge is 0.394 e. The fourth-order valence-electron chi connectivity index (χ4n) is 19.7. The van der Waals surface area contributed by atoms with Gasteiger partial charge in [-0.05, 0) is 74.3 Å². The Balaban J connectivity index is 0.000000112. The van der Waals surface area contributed by atoms with E-state index in [1.165, 1.54) is 32.3 Å². The van der Waals surface area contributed by atoms with Crippen LogP contribution in [0.2, 0.25) is 0 Å². The highest BCUT2D eigenvalue weighted by molar-refractivity contribution is 6.31. The summed E-state index contributed by atoms with van der Waals surface area (Å²) in [5.41, 5.74) is 19.9. The fourth-order valence-corrected chi connectivity index (χ4v) is 19.7. The number of hydrogen-bond acceptors (Lipinski definition) is 25. The van der Waals surface area contributed by atoms with Crippen molar-refractivity contribution in [3.8, 4) is 67.5 Å². The minimum atomic E-state index is -1.09. The number of carbonyl (C=O) groups is 6. The van der Waals surface area contributed by atoms with E-state index >= 15 is 0 Å². The summed E-state index contributed by atoms with van der Waals surface area (Å²) < 4.78 is 9.31. The van der Waals surface area contributed by atoms with Gasteiger partial charge in [0.2, 0.25) is 0 Å². The van der Waals surface area contributed by atoms with E-state index in [4.69, 9.17) is 21.1 Å². The van der Waals surface area contributed by atoms with Crippen LogP contribution in [0.3, 0.4) is 0 Å². The molecule has 6 aliphatic rings. The number of unbranched alkanes of at least 4 members (excludes halogenated alkanes) is 2. The summed E-state index contributed by atoms with van der Waals surface area (Å²) in [4.78, 5) is 179. The maximum atomic E-state index is 12.9. The molecule has 3 atom stereocenters. The monoisotopic (exact) mass is 1900 g/mol. The smallest absolute Gasteiger partial charge is 0.260 e. The molecule has 0 fully saturated rings. The second-order valence-electron chi connectivity index (χ2n) is 34.6. The zero-order valence-electron chi connectivity index (χ0n) is 76.1. The van der Waals surface area contributed by atoms with Crippen molar-refractivity contribution < 1.29 is 59.4 Å². The van der Waals surface area contributed by atoms with Crippen LogP contribution in [0, 0.1) is 0 Å². The Morgan fingerprint density at radius 1 is 0.261 bits per heavy atom. The molecular weight excluding hydrogens is 1800 g/mol. The van der Waals surface area contributed by atoms with E-state index in [1.807, 2.05) is 66.7 Å². The molecule has 6 aliphatic carbocycles. The SMILES string of the molecule is C.CCCCn1c2c(c3ccncc3c1=O)C(=O)c1ccccc1-2.CCCCn1c2c(c3cnccc3c1=O)C(=O)c1ccccc1-2.NCCCn1c2c(c3ncccc3c1=O)C(=O)c1ccccc1-2.O=C1c2ccccc2-c2c1c1ccncc1c(=O)n2C[C@H](O)CO.O=C1c2ccccc2-c2c1c1cnccc1c(=O)n2C[C@H](O)CO.O=C1c2ccccc2-c2c1c1ncccc1c(=O)n2C[C@H](O)CO. The zero-order valence-corrected chi connectivity index (χ0v) is 76.1. The van der Waals surface area contributed by atoms with Gasteiger partial charge in [0, 0.05) is 170 Å². The van der Waals surface area contributed by atoms with E-state index in [2.05, 4.69) is 43.8 Å². The van der Waals surface area contributed by atoms with E-state index in [9.17, 15) is 72.9 Å². The highest BCUT2D eigenvalue weighted by Crippen LogP contribution is 2.46. The van der Waals surface area contributed by atoms with Gasteiger partial charge in [0.05, 0.1) is 169 Å². The molecule has 0 amide bonds. The summed E-state index contributed by atoms with van der Waals surface area (Å²) in [6.45, 7) is 4.72. The predicted molar refractivity (Wildman–Crippen MR) is 539 cm³/mol. The lowest BCUT2D eigenvalue weighted by Crippen LogP contribution is -2.30. The molecule has 8 N–H and O–H groups in total. The zero-order chi connectivity index (χ0) is 98.5. The first-order valence-corrected chi connectivity index (χ1v) is 46.1. The van der Waals surface area contributed by atoms with Gasteiger partial charge in [0.1, 0.15) is 0 Å². The molecule has 0 unspecified atom stereocenters. The number of ketones is 6. The summed E-state index contributed by atoms with van der Waals surface area (Å²) in [6, 6.07) is 57.0. The van der Waals surface area contributed by atoms with Gasteiger partial charge in [0.25, 0.3) is 33.4 Å². The minimum Gasteiger partial charge on any atom is -0.394 e. The van der Waals surface area contributed by atoms with Crippen molar-refractivity contribution in [3.63, 3.8) is 0 Å². The van der Waals surface area contributed by atoms with E-state index in [0.29, 0.717) is 204 Å². The summed E-state index contributed by atoms with van der Waals surface area (Å²) in [7, 11) is 0. The average Bonchev–Trinajstić information content (AvgIpc) is 1.60. The van der Waals surface area contributed by atoms with Gasteiger partial charge >= 0.3 is 0 Å². The normalized spacial score (nSPS) is 13.1. The molecule has 6 aromatic carbocycles. The first kappa shape index (κ1) is 95.5. The molecule has 12 aromatic heterocycles. The van der Waals surface area contributed by atoms with Crippen LogP contribution in [0.5, 0.6) is 0 Å². The van der Waals surface area contributed by atoms with Crippen LogP contribution in [-0.4, -0.2) is 167 Å². The van der Waals surface area contributed by atoms with Gasteiger partial charge in [-0.2, -0.15) is 0 Å². The first-order valence-electron chi connectivity index (χ1n) is 46.1. The van der Waals surface area contributed by atoms with Gasteiger partial charge < -0.3 is 63.8 Å². The van der Waals surface area contributed by atoms with Crippen LogP contribution >= 0.6 is 0 Å². The van der Waals surface area contributed by atoms with Gasteiger partial charge in [-0.1, -0.05) is 180 Å². The lowest BCUT2D eigenvalue weighted by Gasteiger charge is -2.16. The Hall–Kier alpha value is -16.8. The molecule has 0 saturated heterocycles. The third-order valence-electron chi connectivity index (χ3n) is 26.1. The Kier molecular flexibility index (Phi) is 26.9. The van der Waals surface area contributed by atoms with Crippen LogP contribution in [0.4, 0.5) is 0 Å². The van der Waals surface area contributed by atoms with Crippen LogP contribution in [0.25, 0.3) is 132 Å². The molecule has 0 bridgehead atoms. The van der Waals surface area contributed by atoms with E-state index in [-0.39, 0.29) is 95.1 Å². The summed E-state index contributed by atoms with van der Waals surface area (Å²) in [6.07, 6.45) is 16.8. The topological polar surface area (TPSA) is 459 Å². The van der Waals surface area contributed by atoms with E-state index in [0.717, 1.165) is 53.8 Å². The number of aliphatic hydroxyl groups is 6. The standard InChI is InChI=1S/2C19H16N2O2.C18H15N3O2.3C18H14N2O4.CH4/c1-2-3-10-21-17-13-6-4-5-7-14(13)18(22)16(17)12-8-9-20-11-15(12)19(21)23;1-2-3-10-21-17-12-6-4-5-7-13(12)18(22)16(17)15-11-20-9-8-14(15)19(21)23;19-8-4-10-21-16-11-5-1-2-6-12(11)17(22)14(16)15-13(18(21)23)7-3-9-20-15;21-9-10(22)8-20-16-11-4-1-2-5-12(11)17(23)14(16)15-13(18(20)24)6-3-7-19-15;21-9-10(22)8-20-16-12-3-1-2-4-13(12)17(23)15(16)11-5-6-19-7-14(11)18(20)24;21-9-10(22)8-20-16-11-3-1-2-4-12(11)17(23)15(16)14-7-19-6-5-13(14)18(20)24;/h2*4-9,11H,2-3,10H2,1H3;1-3,5-7,9H,4,8,10,19H2;3*1-7,10,21-22H,8-9H2;1H4/t;;;3*10-;/m...000./s1. The molecule has 12 heterocycles. The summed E-state index contributed by atoms with van der Waals surface area (Å²) >= 11 is 0. The molecule has 18 aromatic rings. The van der Waals surface area contributed by atoms with E-state index < -0.39 is 38.1 Å². The van der Waals surface area contributed by atoms with Crippen molar-refractivity contribution in [1.82, 2.24) is 57.3 Å². The lowest BCUT2D eigenvalue weighted by atomic mass is 10.0. The first-order chi connectivity index (χ1) is 68.6. The molecule has 31 heteroatoms. The second-order valence-corrected chi connectivity index (χ2v) is 34.6. The highest BCUT2D eigenvalue weighted by Gasteiger charge is 2.40. The number of benzene rings is 6. The number of rotatable bonds is 18. The van der Waals surface area contributed by atoms with Gasteiger partial charge in [-0.25, -0.2) is 0 Å². The summed E-state index contributed by atoms with van der Waals surface area (Å²) in [5, 5.41) is 62.0. The van der Waals surface area contributed by atoms with Crippen LogP contribution in [-0.2, 0) is 39.3 Å². The summed E-state index contributed by atoms with van der Waals surface area (Å²) in [5.74, 6) is -0.580. The van der Waals surface area contributed by atoms with Crippen molar-refractivity contribution >= 4 is 99.6 Å². The quantitative estimate of drug-likeness (QED) is 0.0419. The van der Waals surface area contributed by atoms with Gasteiger partial charge in [-0.15, -0.1) is 0 Å². The number of nitrogens with two attached hydrogens (primary N) is 1. The van der Waals surface area contributed by atoms with Crippen molar-refractivity contribution in [2.75, 3.05) is 26.4 Å². The lowest BCUT2D eigenvalue weighted by molar-refractivity contribution is 0.0808. The molecule has 0 radical (unpaired) electrons. The number of nitrogens with zero attached hydrogens (tertiary/aromatic N) is 12. The number of pyridine rings is 12. The molecule has 0 saturated carbocycles. The Bertz CT molecular complexity index is 7920. The minimum absolute atomic E-state index is 0. The molecule has 31 nitrogen and oxygen atoms in total. The maximum absolute atomic E-state index is 12.9. The number of fused-ring (bicyclic) bond motifs is 30. The van der Waals surface area contributed by atoms with Gasteiger partial charge in [0.15, 0.2) is 34.7 Å². The van der Waals surface area contributed by atoms with Gasteiger partial charge in [-0.3, -0.25) is 87.4 Å². The third-order valence-corrected chi connectivity index (χ3v) is 26.1. The molecular formula is C111H93N13O18. The third kappa shape index (κ3) is 16.2. The number of aliphatic hydroxyl groups excluding tert-OH is 6. The maximum Gasteiger partial charge on any atom is 0.260 e. The number of aromatic nitrogens is 12. The van der Waals surface area contributed by atoms with E-state index in [1.54, 1.807) is 184 Å². The molecule has 0 spiro atoms. The average molecular weight is 1900 g/mol. The van der Waals surface area contributed by atoms with Crippen molar-refractivity contribution in [1.29, 1.82) is 0 Å². The number of hydrogen-bond donors (Lipinski definition) is 7. The van der Waals surface area contributed by atoms with Crippen molar-refractivity contribution in [3.05, 3.63) is 385 Å². The van der Waals surface area contributed by atoms with Crippen molar-refractivity contribution in [2.45, 2.75) is 111 Å².